The molecule has 9 heteroatoms. The summed E-state index contributed by atoms with van der Waals surface area (Å²) in [5.41, 5.74) is 2.40. The van der Waals surface area contributed by atoms with Gasteiger partial charge in [-0.25, -0.2) is 9.97 Å². The highest BCUT2D eigenvalue weighted by molar-refractivity contribution is 7.12. The number of carbonyl (C=O) groups is 1. The number of aromatic nitrogens is 5. The second-order valence-corrected chi connectivity index (χ2v) is 6.49. The lowest BCUT2D eigenvalue weighted by atomic mass is 10.3. The van der Waals surface area contributed by atoms with Crippen LogP contribution in [0.25, 0.3) is 22.2 Å². The Hall–Kier alpha value is -3.20. The number of carboxylic acid groups (broad SMARTS) is 1. The van der Waals surface area contributed by atoms with Crippen LogP contribution in [0, 0.1) is 0 Å². The Bertz CT molecular complexity index is 1040. The molecule has 4 aromatic heterocycles. The smallest absolute Gasteiger partial charge is 0.303 e. The van der Waals surface area contributed by atoms with Crippen LogP contribution in [-0.2, 0) is 4.79 Å². The van der Waals surface area contributed by atoms with Crippen molar-refractivity contribution in [1.82, 2.24) is 23.9 Å². The molecule has 0 spiro atoms. The number of anilines is 1. The molecule has 4 heterocycles. The molecule has 0 aliphatic rings. The molecule has 0 aliphatic carbocycles. The number of imidazole rings is 1. The zero-order chi connectivity index (χ0) is 17.9. The molecule has 0 saturated carbocycles. The molecule has 0 bridgehead atoms. The highest BCUT2D eigenvalue weighted by Crippen LogP contribution is 2.31. The molecular formula is C17H16N6O2S. The maximum Gasteiger partial charge on any atom is 0.303 e. The Morgan fingerprint density at radius 2 is 2.23 bits per heavy atom. The first-order valence-electron chi connectivity index (χ1n) is 8.09. The lowest BCUT2D eigenvalue weighted by Gasteiger charge is -2.09. The van der Waals surface area contributed by atoms with Gasteiger partial charge in [0.2, 0.25) is 0 Å². The minimum atomic E-state index is -0.799. The van der Waals surface area contributed by atoms with Gasteiger partial charge in [-0.3, -0.25) is 18.7 Å². The van der Waals surface area contributed by atoms with Gasteiger partial charge >= 0.3 is 5.97 Å². The van der Waals surface area contributed by atoms with Gasteiger partial charge in [0.05, 0.1) is 11.9 Å². The number of rotatable bonds is 7. The van der Waals surface area contributed by atoms with Crippen LogP contribution in [0.3, 0.4) is 0 Å². The van der Waals surface area contributed by atoms with Crippen molar-refractivity contribution in [3.05, 3.63) is 48.5 Å². The standard InChI is InChI=1S/C17H16N6O2S/c24-14(25)4-1-5-19-16-15(21-13-11-18-6-9-23(13)16)12-3-2-8-22(12)17-20-7-10-26-17/h2-3,6-11,19H,1,4-5H2,(H,24,25). The fourth-order valence-electron chi connectivity index (χ4n) is 2.78. The average molecular weight is 368 g/mol. The van der Waals surface area contributed by atoms with Crippen molar-refractivity contribution in [2.75, 3.05) is 11.9 Å². The van der Waals surface area contributed by atoms with Gasteiger partial charge in [0.1, 0.15) is 11.5 Å². The first-order chi connectivity index (χ1) is 12.7. The molecule has 0 fully saturated rings. The number of hydrogen-bond donors (Lipinski definition) is 2. The molecule has 4 rings (SSSR count). The average Bonchev–Trinajstić information content (AvgIpc) is 3.36. The van der Waals surface area contributed by atoms with Crippen LogP contribution in [0.15, 0.2) is 48.5 Å². The van der Waals surface area contributed by atoms with Crippen molar-refractivity contribution < 1.29 is 9.90 Å². The van der Waals surface area contributed by atoms with Crippen LogP contribution in [0.2, 0.25) is 0 Å². The molecule has 132 valence electrons. The number of thiazole rings is 1. The summed E-state index contributed by atoms with van der Waals surface area (Å²) >= 11 is 1.55. The fraction of sp³-hybridized carbons (Fsp3) is 0.176. The van der Waals surface area contributed by atoms with Gasteiger partial charge in [0, 0.05) is 43.1 Å². The van der Waals surface area contributed by atoms with Crippen LogP contribution in [0.1, 0.15) is 12.8 Å². The van der Waals surface area contributed by atoms with E-state index in [0.29, 0.717) is 13.0 Å². The molecule has 0 saturated heterocycles. The Balaban J connectivity index is 1.74. The Morgan fingerprint density at radius 3 is 3.04 bits per heavy atom. The third kappa shape index (κ3) is 3.04. The monoisotopic (exact) mass is 368 g/mol. The second-order valence-electron chi connectivity index (χ2n) is 5.62. The Morgan fingerprint density at radius 1 is 1.31 bits per heavy atom. The second kappa shape index (κ2) is 6.96. The molecule has 4 aromatic rings. The first kappa shape index (κ1) is 16.3. The first-order valence-corrected chi connectivity index (χ1v) is 8.97. The summed E-state index contributed by atoms with van der Waals surface area (Å²) in [6, 6.07) is 3.94. The molecule has 0 aromatic carbocycles. The van der Waals surface area contributed by atoms with Gasteiger partial charge < -0.3 is 10.4 Å². The summed E-state index contributed by atoms with van der Waals surface area (Å²) in [5.74, 6) is 0.0105. The van der Waals surface area contributed by atoms with Gasteiger partial charge in [-0.05, 0) is 18.6 Å². The maximum atomic E-state index is 10.7. The molecule has 0 radical (unpaired) electrons. The summed E-state index contributed by atoms with van der Waals surface area (Å²) in [5, 5.41) is 14.9. The summed E-state index contributed by atoms with van der Waals surface area (Å²) in [7, 11) is 0. The van der Waals surface area contributed by atoms with Crippen molar-refractivity contribution in [3.63, 3.8) is 0 Å². The van der Waals surface area contributed by atoms with E-state index in [0.717, 1.165) is 28.0 Å². The van der Waals surface area contributed by atoms with Crippen LogP contribution >= 0.6 is 11.3 Å². The number of nitrogens with zero attached hydrogens (tertiary/aromatic N) is 5. The third-order valence-electron chi connectivity index (χ3n) is 3.91. The Labute approximate surface area is 152 Å². The zero-order valence-electron chi connectivity index (χ0n) is 13.7. The van der Waals surface area contributed by atoms with Crippen molar-refractivity contribution in [1.29, 1.82) is 0 Å². The Kier molecular flexibility index (Phi) is 4.36. The summed E-state index contributed by atoms with van der Waals surface area (Å²) in [4.78, 5) is 24.0. The third-order valence-corrected chi connectivity index (χ3v) is 4.68. The van der Waals surface area contributed by atoms with Crippen molar-refractivity contribution in [2.45, 2.75) is 12.8 Å². The van der Waals surface area contributed by atoms with E-state index in [1.165, 1.54) is 0 Å². The quantitative estimate of drug-likeness (QED) is 0.487. The van der Waals surface area contributed by atoms with Crippen LogP contribution in [-0.4, -0.2) is 41.5 Å². The SMILES string of the molecule is O=C(O)CCCNc1c(-c2cccn2-c2nccs2)nc2cnccn12. The van der Waals surface area contributed by atoms with Crippen molar-refractivity contribution >= 4 is 28.8 Å². The molecule has 8 nitrogen and oxygen atoms in total. The van der Waals surface area contributed by atoms with E-state index >= 15 is 0 Å². The van der Waals surface area contributed by atoms with Gasteiger partial charge in [0.15, 0.2) is 10.8 Å². The predicted molar refractivity (Wildman–Crippen MR) is 98.8 cm³/mol. The summed E-state index contributed by atoms with van der Waals surface area (Å²) in [6.07, 6.45) is 9.59. The van der Waals surface area contributed by atoms with E-state index in [9.17, 15) is 4.79 Å². The minimum absolute atomic E-state index is 0.121. The van der Waals surface area contributed by atoms with E-state index in [1.54, 1.807) is 29.9 Å². The molecule has 26 heavy (non-hydrogen) atoms. The molecule has 0 aliphatic heterocycles. The van der Waals surface area contributed by atoms with E-state index in [4.69, 9.17) is 10.1 Å². The minimum Gasteiger partial charge on any atom is -0.481 e. The molecule has 0 amide bonds. The highest BCUT2D eigenvalue weighted by atomic mass is 32.1. The highest BCUT2D eigenvalue weighted by Gasteiger charge is 2.18. The number of aliphatic carboxylic acids is 1. The topological polar surface area (TPSA) is 97.3 Å². The predicted octanol–water partition coefficient (Wildman–Crippen LogP) is 2.92. The molecule has 2 N–H and O–H groups in total. The number of hydrogen-bond acceptors (Lipinski definition) is 6. The van der Waals surface area contributed by atoms with E-state index in [1.807, 2.05) is 38.9 Å². The lowest BCUT2D eigenvalue weighted by molar-refractivity contribution is -0.137. The lowest BCUT2D eigenvalue weighted by Crippen LogP contribution is -2.08. The summed E-state index contributed by atoms with van der Waals surface area (Å²) < 4.78 is 3.91. The normalized spacial score (nSPS) is 11.1. The van der Waals surface area contributed by atoms with Crippen molar-refractivity contribution in [3.8, 4) is 16.5 Å². The summed E-state index contributed by atoms with van der Waals surface area (Å²) in [6.45, 7) is 0.535. The van der Waals surface area contributed by atoms with Gasteiger partial charge in [0.25, 0.3) is 0 Å². The van der Waals surface area contributed by atoms with Crippen molar-refractivity contribution in [2.24, 2.45) is 0 Å². The molecule has 0 unspecified atom stereocenters. The van der Waals surface area contributed by atoms with Gasteiger partial charge in [-0.1, -0.05) is 0 Å². The van der Waals surface area contributed by atoms with E-state index in [2.05, 4.69) is 15.3 Å². The van der Waals surface area contributed by atoms with Crippen LogP contribution < -0.4 is 5.32 Å². The zero-order valence-corrected chi connectivity index (χ0v) is 14.6. The van der Waals surface area contributed by atoms with E-state index in [-0.39, 0.29) is 6.42 Å². The number of carboxylic acids is 1. The number of nitrogens with one attached hydrogen (secondary N) is 1. The maximum absolute atomic E-state index is 10.7. The van der Waals surface area contributed by atoms with Crippen LogP contribution in [0.5, 0.6) is 0 Å². The fourth-order valence-corrected chi connectivity index (χ4v) is 3.41. The largest absolute Gasteiger partial charge is 0.481 e. The molecule has 0 atom stereocenters. The van der Waals surface area contributed by atoms with Gasteiger partial charge in [-0.15, -0.1) is 11.3 Å². The number of fused-ring (bicyclic) bond motifs is 1. The van der Waals surface area contributed by atoms with Gasteiger partial charge in [-0.2, -0.15) is 0 Å². The van der Waals surface area contributed by atoms with Crippen LogP contribution in [0.4, 0.5) is 5.82 Å². The van der Waals surface area contributed by atoms with E-state index < -0.39 is 5.97 Å². The molecular weight excluding hydrogens is 352 g/mol.